The van der Waals surface area contributed by atoms with E-state index in [-0.39, 0.29) is 5.97 Å². The summed E-state index contributed by atoms with van der Waals surface area (Å²) >= 11 is 0. The third kappa shape index (κ3) is 1.08. The number of ether oxygens (including phenoxy) is 1. The van der Waals surface area contributed by atoms with Gasteiger partial charge in [0, 0.05) is 5.56 Å². The van der Waals surface area contributed by atoms with Gasteiger partial charge in [0.1, 0.15) is 6.07 Å². The number of nitriles is 1. The van der Waals surface area contributed by atoms with Gasteiger partial charge in [0.05, 0.1) is 5.56 Å². The number of esters is 1. The largest absolute Gasteiger partial charge is 0.438 e. The van der Waals surface area contributed by atoms with Crippen molar-refractivity contribution in [3.63, 3.8) is 0 Å². The third-order valence-electron chi connectivity index (χ3n) is 3.11. The first-order chi connectivity index (χ1) is 7.29. The Hall–Kier alpha value is -1.82. The molecule has 1 unspecified atom stereocenters. The predicted octanol–water partition coefficient (Wildman–Crippen LogP) is 1.91. The highest BCUT2D eigenvalue weighted by Crippen LogP contribution is 2.35. The second kappa shape index (κ2) is 2.83. The van der Waals surface area contributed by atoms with Crippen LogP contribution in [0.3, 0.4) is 0 Å². The van der Waals surface area contributed by atoms with Crippen molar-refractivity contribution in [1.29, 1.82) is 5.26 Å². The van der Waals surface area contributed by atoms with Gasteiger partial charge in [-0.3, -0.25) is 0 Å². The molecule has 0 N–H and O–H groups in total. The summed E-state index contributed by atoms with van der Waals surface area (Å²) in [5.74, 6) is -0.355. The number of hydrogen-bond donors (Lipinski definition) is 0. The lowest BCUT2D eigenvalue weighted by Crippen LogP contribution is -1.95. The fourth-order valence-corrected chi connectivity index (χ4v) is 2.37. The highest BCUT2D eigenvalue weighted by atomic mass is 16.5. The van der Waals surface area contributed by atoms with E-state index in [1.165, 1.54) is 11.1 Å². The molecule has 3 rings (SSSR count). The molecule has 0 bridgehead atoms. The first-order valence-electron chi connectivity index (χ1n) is 5.06. The van der Waals surface area contributed by atoms with Crippen LogP contribution in [-0.4, -0.2) is 5.97 Å². The van der Waals surface area contributed by atoms with E-state index in [9.17, 15) is 4.79 Å². The normalized spacial score (nSPS) is 21.8. The van der Waals surface area contributed by atoms with Crippen molar-refractivity contribution in [2.45, 2.75) is 25.4 Å². The zero-order valence-corrected chi connectivity index (χ0v) is 8.12. The van der Waals surface area contributed by atoms with Crippen LogP contribution in [0.1, 0.15) is 39.6 Å². The van der Waals surface area contributed by atoms with Crippen molar-refractivity contribution in [1.82, 2.24) is 0 Å². The van der Waals surface area contributed by atoms with Crippen molar-refractivity contribution in [2.75, 3.05) is 0 Å². The minimum atomic E-state index is -0.696. The van der Waals surface area contributed by atoms with Crippen molar-refractivity contribution in [3.05, 3.63) is 34.4 Å². The van der Waals surface area contributed by atoms with Gasteiger partial charge in [-0.2, -0.15) is 5.26 Å². The fraction of sp³-hybridized carbons (Fsp3) is 0.333. The Morgan fingerprint density at radius 1 is 1.33 bits per heavy atom. The first-order valence-corrected chi connectivity index (χ1v) is 5.06. The molecule has 0 amide bonds. The van der Waals surface area contributed by atoms with Crippen LogP contribution in [0.15, 0.2) is 12.1 Å². The van der Waals surface area contributed by atoms with E-state index < -0.39 is 6.10 Å². The average molecular weight is 199 g/mol. The van der Waals surface area contributed by atoms with E-state index in [0.29, 0.717) is 5.56 Å². The molecule has 1 heterocycles. The molecule has 3 heteroatoms. The standard InChI is InChI=1S/C12H9NO2/c13-6-11-9-4-7-2-1-3-8(7)5-10(9)12(14)15-11/h4-5,11H,1-3H2. The number of cyclic esters (lactones) is 1. The minimum absolute atomic E-state index is 0.355. The molecule has 1 aliphatic carbocycles. The summed E-state index contributed by atoms with van der Waals surface area (Å²) < 4.78 is 4.96. The quantitative estimate of drug-likeness (QED) is 0.600. The Morgan fingerprint density at radius 2 is 2.07 bits per heavy atom. The van der Waals surface area contributed by atoms with Gasteiger partial charge in [0.2, 0.25) is 6.10 Å². The summed E-state index contributed by atoms with van der Waals surface area (Å²) in [5, 5.41) is 8.85. The molecule has 0 fully saturated rings. The smallest absolute Gasteiger partial charge is 0.340 e. The zero-order valence-electron chi connectivity index (χ0n) is 8.12. The fourth-order valence-electron chi connectivity index (χ4n) is 2.37. The topological polar surface area (TPSA) is 50.1 Å². The Balaban J connectivity index is 2.21. The maximum Gasteiger partial charge on any atom is 0.340 e. The van der Waals surface area contributed by atoms with Crippen LogP contribution >= 0.6 is 0 Å². The number of carbonyl (C=O) groups is 1. The number of hydrogen-bond acceptors (Lipinski definition) is 3. The number of fused-ring (bicyclic) bond motifs is 2. The molecule has 0 saturated carbocycles. The van der Waals surface area contributed by atoms with Crippen LogP contribution in [0.2, 0.25) is 0 Å². The van der Waals surface area contributed by atoms with Gasteiger partial charge in [0.25, 0.3) is 0 Å². The van der Waals surface area contributed by atoms with Crippen molar-refractivity contribution in [3.8, 4) is 6.07 Å². The lowest BCUT2D eigenvalue weighted by molar-refractivity contribution is 0.0478. The Kier molecular flexibility index (Phi) is 1.60. The monoisotopic (exact) mass is 199 g/mol. The van der Waals surface area contributed by atoms with Gasteiger partial charge in [-0.1, -0.05) is 0 Å². The second-order valence-corrected chi connectivity index (χ2v) is 3.98. The molecule has 0 radical (unpaired) electrons. The van der Waals surface area contributed by atoms with Gasteiger partial charge in [-0.25, -0.2) is 4.79 Å². The highest BCUT2D eigenvalue weighted by molar-refractivity contribution is 5.95. The molecule has 1 aromatic carbocycles. The molecule has 2 aliphatic rings. The summed E-state index contributed by atoms with van der Waals surface area (Å²) in [6, 6.07) is 5.87. The number of carbonyl (C=O) groups excluding carboxylic acids is 1. The van der Waals surface area contributed by atoms with Crippen LogP contribution in [0, 0.1) is 11.3 Å². The number of rotatable bonds is 0. The SMILES string of the molecule is N#CC1OC(=O)c2cc3c(cc21)CCC3. The van der Waals surface area contributed by atoms with Gasteiger partial charge in [0.15, 0.2) is 0 Å². The van der Waals surface area contributed by atoms with Crippen LogP contribution in [0.4, 0.5) is 0 Å². The van der Waals surface area contributed by atoms with Gasteiger partial charge < -0.3 is 4.74 Å². The highest BCUT2D eigenvalue weighted by Gasteiger charge is 2.32. The van der Waals surface area contributed by atoms with Gasteiger partial charge >= 0.3 is 5.97 Å². The van der Waals surface area contributed by atoms with E-state index in [1.807, 2.05) is 18.2 Å². The molecular weight excluding hydrogens is 190 g/mol. The maximum absolute atomic E-state index is 11.5. The third-order valence-corrected chi connectivity index (χ3v) is 3.11. The Bertz CT molecular complexity index is 499. The number of benzene rings is 1. The molecule has 3 nitrogen and oxygen atoms in total. The predicted molar refractivity (Wildman–Crippen MR) is 52.2 cm³/mol. The summed E-state index contributed by atoms with van der Waals surface area (Å²) in [6.45, 7) is 0. The molecule has 0 saturated heterocycles. The summed E-state index contributed by atoms with van der Waals surface area (Å²) in [5.41, 5.74) is 3.85. The molecule has 1 atom stereocenters. The van der Waals surface area contributed by atoms with Crippen LogP contribution in [-0.2, 0) is 17.6 Å². The second-order valence-electron chi connectivity index (χ2n) is 3.98. The molecule has 1 aliphatic heterocycles. The van der Waals surface area contributed by atoms with E-state index in [1.54, 1.807) is 0 Å². The minimum Gasteiger partial charge on any atom is -0.438 e. The first kappa shape index (κ1) is 8.49. The van der Waals surface area contributed by atoms with E-state index >= 15 is 0 Å². The Morgan fingerprint density at radius 3 is 2.80 bits per heavy atom. The Labute approximate surface area is 87.3 Å². The van der Waals surface area contributed by atoms with Crippen LogP contribution < -0.4 is 0 Å². The molecule has 0 aromatic heterocycles. The van der Waals surface area contributed by atoms with Crippen LogP contribution in [0.25, 0.3) is 0 Å². The molecule has 15 heavy (non-hydrogen) atoms. The average Bonchev–Trinajstić information content (AvgIpc) is 2.81. The molecular formula is C12H9NO2. The van der Waals surface area contributed by atoms with Crippen molar-refractivity contribution >= 4 is 5.97 Å². The van der Waals surface area contributed by atoms with Crippen LogP contribution in [0.5, 0.6) is 0 Å². The van der Waals surface area contributed by atoms with E-state index in [0.717, 1.165) is 24.8 Å². The summed E-state index contributed by atoms with van der Waals surface area (Å²) in [4.78, 5) is 11.5. The van der Waals surface area contributed by atoms with Crippen molar-refractivity contribution in [2.24, 2.45) is 0 Å². The van der Waals surface area contributed by atoms with Crippen molar-refractivity contribution < 1.29 is 9.53 Å². The lowest BCUT2D eigenvalue weighted by atomic mass is 9.99. The summed E-state index contributed by atoms with van der Waals surface area (Å²) in [6.07, 6.45) is 2.53. The van der Waals surface area contributed by atoms with Gasteiger partial charge in [-0.05, 0) is 42.5 Å². The molecule has 74 valence electrons. The van der Waals surface area contributed by atoms with E-state index in [2.05, 4.69) is 0 Å². The molecule has 1 aromatic rings. The lowest BCUT2D eigenvalue weighted by Gasteiger charge is -2.02. The maximum atomic E-state index is 11.5. The zero-order chi connectivity index (χ0) is 10.4. The summed E-state index contributed by atoms with van der Waals surface area (Å²) in [7, 11) is 0. The van der Waals surface area contributed by atoms with Gasteiger partial charge in [-0.15, -0.1) is 0 Å². The number of aryl methyl sites for hydroxylation is 2. The number of nitrogens with zero attached hydrogens (tertiary/aromatic N) is 1. The van der Waals surface area contributed by atoms with E-state index in [4.69, 9.17) is 10.00 Å². The molecule has 0 spiro atoms.